The lowest BCUT2D eigenvalue weighted by Gasteiger charge is -2.32. The quantitative estimate of drug-likeness (QED) is 0.892. The fourth-order valence-electron chi connectivity index (χ4n) is 2.36. The van der Waals surface area contributed by atoms with Gasteiger partial charge in [-0.25, -0.2) is 0 Å². The second-order valence-electron chi connectivity index (χ2n) is 5.20. The van der Waals surface area contributed by atoms with Crippen molar-refractivity contribution in [2.75, 3.05) is 31.5 Å². The number of piperazine rings is 1. The normalized spacial score (nSPS) is 16.3. The monoisotopic (exact) mass is 333 g/mol. The van der Waals surface area contributed by atoms with E-state index in [0.717, 1.165) is 37.4 Å². The Hall–Kier alpha value is -0.810. The minimum Gasteiger partial charge on any atom is -0.324 e. The first-order chi connectivity index (χ1) is 9.09. The molecule has 1 heterocycles. The molecule has 1 aromatic carbocycles. The summed E-state index contributed by atoms with van der Waals surface area (Å²) in [6.45, 7) is 9.86. The number of carbonyl (C=O) groups is 1. The molecule has 2 N–H and O–H groups in total. The topological polar surface area (TPSA) is 44.4 Å². The Kier molecular flexibility index (Phi) is 8.90. The van der Waals surface area contributed by atoms with E-state index in [4.69, 9.17) is 0 Å². The summed E-state index contributed by atoms with van der Waals surface area (Å²) in [4.78, 5) is 14.5. The number of aryl methyl sites for hydroxylation is 1. The lowest BCUT2D eigenvalue weighted by atomic mass is 10.1. The maximum atomic E-state index is 12.3. The van der Waals surface area contributed by atoms with Crippen LogP contribution in [0.2, 0.25) is 0 Å². The summed E-state index contributed by atoms with van der Waals surface area (Å²) in [6, 6.07) is 5.92. The molecule has 1 aromatic rings. The predicted molar refractivity (Wildman–Crippen MR) is 92.9 cm³/mol. The highest BCUT2D eigenvalue weighted by Gasteiger charge is 2.22. The summed E-state index contributed by atoms with van der Waals surface area (Å²) < 4.78 is 0. The van der Waals surface area contributed by atoms with Gasteiger partial charge in [-0.05, 0) is 38.0 Å². The maximum absolute atomic E-state index is 12.3. The van der Waals surface area contributed by atoms with Gasteiger partial charge in [-0.1, -0.05) is 12.1 Å². The van der Waals surface area contributed by atoms with Crippen molar-refractivity contribution in [2.24, 2.45) is 0 Å². The molecule has 1 atom stereocenters. The molecule has 0 spiro atoms. The number of hydrogen-bond donors (Lipinski definition) is 2. The Morgan fingerprint density at radius 1 is 1.24 bits per heavy atom. The summed E-state index contributed by atoms with van der Waals surface area (Å²) in [5.74, 6) is 0.0793. The molecule has 21 heavy (non-hydrogen) atoms. The standard InChI is InChI=1S/C15H23N3O.2ClH/c1-11-5-4-6-14(12(11)2)17-15(19)13(3)18-9-7-16-8-10-18;;/h4-6,13,16H,7-10H2,1-3H3,(H,17,19);2*1H. The molecule has 120 valence electrons. The highest BCUT2D eigenvalue weighted by molar-refractivity contribution is 5.95. The first-order valence-corrected chi connectivity index (χ1v) is 6.91. The van der Waals surface area contributed by atoms with E-state index >= 15 is 0 Å². The number of anilines is 1. The van der Waals surface area contributed by atoms with E-state index in [0.29, 0.717) is 0 Å². The number of nitrogens with zero attached hydrogens (tertiary/aromatic N) is 1. The highest BCUT2D eigenvalue weighted by atomic mass is 35.5. The molecule has 1 fully saturated rings. The zero-order valence-corrected chi connectivity index (χ0v) is 14.4. The van der Waals surface area contributed by atoms with Gasteiger partial charge in [0.2, 0.25) is 5.91 Å². The summed E-state index contributed by atoms with van der Waals surface area (Å²) in [6.07, 6.45) is 0. The van der Waals surface area contributed by atoms with Gasteiger partial charge in [-0.15, -0.1) is 24.8 Å². The maximum Gasteiger partial charge on any atom is 0.241 e. The third kappa shape index (κ3) is 5.15. The molecule has 1 aliphatic rings. The summed E-state index contributed by atoms with van der Waals surface area (Å²) in [5.41, 5.74) is 3.27. The fourth-order valence-corrected chi connectivity index (χ4v) is 2.36. The summed E-state index contributed by atoms with van der Waals surface area (Å²) in [5, 5.41) is 6.35. The van der Waals surface area contributed by atoms with Gasteiger partial charge in [0.05, 0.1) is 6.04 Å². The van der Waals surface area contributed by atoms with Crippen molar-refractivity contribution in [2.45, 2.75) is 26.8 Å². The van der Waals surface area contributed by atoms with Crippen LogP contribution in [0.25, 0.3) is 0 Å². The van der Waals surface area contributed by atoms with E-state index in [1.807, 2.05) is 26.0 Å². The van der Waals surface area contributed by atoms with Crippen LogP contribution in [0.1, 0.15) is 18.1 Å². The van der Waals surface area contributed by atoms with Crippen LogP contribution >= 0.6 is 24.8 Å². The summed E-state index contributed by atoms with van der Waals surface area (Å²) >= 11 is 0. The zero-order valence-electron chi connectivity index (χ0n) is 12.8. The van der Waals surface area contributed by atoms with E-state index in [1.165, 1.54) is 5.56 Å². The average molecular weight is 334 g/mol. The Bertz CT molecular complexity index is 462. The Morgan fingerprint density at radius 2 is 1.86 bits per heavy atom. The van der Waals surface area contributed by atoms with Gasteiger partial charge in [-0.3, -0.25) is 9.69 Å². The van der Waals surface area contributed by atoms with Gasteiger partial charge in [0.1, 0.15) is 0 Å². The van der Waals surface area contributed by atoms with E-state index in [1.54, 1.807) is 0 Å². The van der Waals surface area contributed by atoms with Crippen LogP contribution in [0.4, 0.5) is 5.69 Å². The molecule has 1 amide bonds. The van der Waals surface area contributed by atoms with Crippen LogP contribution in [0.5, 0.6) is 0 Å². The molecule has 1 aliphatic heterocycles. The van der Waals surface area contributed by atoms with Crippen molar-refractivity contribution in [1.82, 2.24) is 10.2 Å². The van der Waals surface area contributed by atoms with Crippen molar-refractivity contribution in [3.8, 4) is 0 Å². The number of halogens is 2. The molecule has 2 rings (SSSR count). The second-order valence-corrected chi connectivity index (χ2v) is 5.20. The molecule has 0 bridgehead atoms. The summed E-state index contributed by atoms with van der Waals surface area (Å²) in [7, 11) is 0. The van der Waals surface area contributed by atoms with Gasteiger partial charge < -0.3 is 10.6 Å². The van der Waals surface area contributed by atoms with Crippen LogP contribution in [-0.4, -0.2) is 43.0 Å². The molecule has 0 aromatic heterocycles. The smallest absolute Gasteiger partial charge is 0.241 e. The average Bonchev–Trinajstić information content (AvgIpc) is 2.44. The van der Waals surface area contributed by atoms with E-state index in [9.17, 15) is 4.79 Å². The lowest BCUT2D eigenvalue weighted by molar-refractivity contribution is -0.120. The minimum atomic E-state index is -0.0815. The molecule has 0 aliphatic carbocycles. The van der Waals surface area contributed by atoms with Crippen molar-refractivity contribution in [3.05, 3.63) is 29.3 Å². The number of carbonyl (C=O) groups excluding carboxylic acids is 1. The number of benzene rings is 1. The van der Waals surface area contributed by atoms with E-state index in [2.05, 4.69) is 28.5 Å². The van der Waals surface area contributed by atoms with Crippen LogP contribution in [0.3, 0.4) is 0 Å². The van der Waals surface area contributed by atoms with Gasteiger partial charge in [0.15, 0.2) is 0 Å². The molecular weight excluding hydrogens is 309 g/mol. The Balaban J connectivity index is 0.00000200. The minimum absolute atomic E-state index is 0. The van der Waals surface area contributed by atoms with Crippen LogP contribution in [-0.2, 0) is 4.79 Å². The molecular formula is C15H25Cl2N3O. The Morgan fingerprint density at radius 3 is 2.48 bits per heavy atom. The van der Waals surface area contributed by atoms with Crippen molar-refractivity contribution >= 4 is 36.4 Å². The van der Waals surface area contributed by atoms with Gasteiger partial charge in [0, 0.05) is 31.9 Å². The van der Waals surface area contributed by atoms with E-state index < -0.39 is 0 Å². The molecule has 1 saturated heterocycles. The predicted octanol–water partition coefficient (Wildman–Crippen LogP) is 2.38. The first kappa shape index (κ1) is 20.2. The molecule has 1 unspecified atom stereocenters. The van der Waals surface area contributed by atoms with Gasteiger partial charge in [-0.2, -0.15) is 0 Å². The molecule has 0 radical (unpaired) electrons. The number of amides is 1. The number of nitrogens with one attached hydrogen (secondary N) is 2. The largest absolute Gasteiger partial charge is 0.324 e. The zero-order chi connectivity index (χ0) is 13.8. The lowest BCUT2D eigenvalue weighted by Crippen LogP contribution is -2.51. The first-order valence-electron chi connectivity index (χ1n) is 6.91. The van der Waals surface area contributed by atoms with Crippen LogP contribution in [0, 0.1) is 13.8 Å². The molecule has 6 heteroatoms. The molecule has 0 saturated carbocycles. The number of hydrogen-bond acceptors (Lipinski definition) is 3. The van der Waals surface area contributed by atoms with Crippen molar-refractivity contribution in [1.29, 1.82) is 0 Å². The van der Waals surface area contributed by atoms with Crippen molar-refractivity contribution < 1.29 is 4.79 Å². The second kappa shape index (κ2) is 9.26. The number of rotatable bonds is 3. The molecule has 4 nitrogen and oxygen atoms in total. The van der Waals surface area contributed by atoms with Crippen LogP contribution < -0.4 is 10.6 Å². The van der Waals surface area contributed by atoms with Gasteiger partial charge in [0.25, 0.3) is 0 Å². The highest BCUT2D eigenvalue weighted by Crippen LogP contribution is 2.18. The SMILES string of the molecule is Cc1cccc(NC(=O)C(C)N2CCNCC2)c1C.Cl.Cl. The van der Waals surface area contributed by atoms with E-state index in [-0.39, 0.29) is 36.8 Å². The van der Waals surface area contributed by atoms with Crippen molar-refractivity contribution in [3.63, 3.8) is 0 Å². The third-order valence-corrected chi connectivity index (χ3v) is 3.94. The van der Waals surface area contributed by atoms with Crippen LogP contribution in [0.15, 0.2) is 18.2 Å². The fraction of sp³-hybridized carbons (Fsp3) is 0.533. The Labute approximate surface area is 139 Å². The third-order valence-electron chi connectivity index (χ3n) is 3.94. The van der Waals surface area contributed by atoms with Gasteiger partial charge >= 0.3 is 0 Å².